The molecule has 3 heterocycles. The molecule has 0 amide bonds. The summed E-state index contributed by atoms with van der Waals surface area (Å²) >= 11 is 1.09. The first kappa shape index (κ1) is 19.7. The molecule has 0 saturated heterocycles. The van der Waals surface area contributed by atoms with Gasteiger partial charge < -0.3 is 0 Å². The van der Waals surface area contributed by atoms with Crippen molar-refractivity contribution < 1.29 is 0 Å². The van der Waals surface area contributed by atoms with Crippen molar-refractivity contribution in [2.24, 2.45) is 4.99 Å². The summed E-state index contributed by atoms with van der Waals surface area (Å²) in [5.41, 5.74) is -4.52. The minimum Gasteiger partial charge on any atom is -0.258 e. The van der Waals surface area contributed by atoms with Crippen molar-refractivity contribution in [2.45, 2.75) is 0 Å². The summed E-state index contributed by atoms with van der Waals surface area (Å²) < 4.78 is 1.55. The molecule has 0 spiro atoms. The van der Waals surface area contributed by atoms with Crippen molar-refractivity contribution in [3.05, 3.63) is 104 Å². The highest BCUT2D eigenvalue weighted by Crippen LogP contribution is 2.19. The Balaban J connectivity index is 1.60. The molecule has 0 aliphatic carbocycles. The van der Waals surface area contributed by atoms with Gasteiger partial charge in [-0.3, -0.25) is 24.9 Å². The first-order chi connectivity index (χ1) is 14.8. The Morgan fingerprint density at radius 2 is 1.19 bits per heavy atom. The number of H-pyrrole nitrogens is 4. The van der Waals surface area contributed by atoms with E-state index in [0.29, 0.717) is 10.6 Å². The first-order valence-electron chi connectivity index (χ1n) is 8.48. The molecule has 4 N–H and O–H groups in total. The molecule has 156 valence electrons. The van der Waals surface area contributed by atoms with Gasteiger partial charge in [-0.15, -0.1) is 11.3 Å². The van der Waals surface area contributed by atoms with E-state index in [0.717, 1.165) is 20.5 Å². The summed E-state index contributed by atoms with van der Waals surface area (Å²) in [4.78, 5) is 82.4. The zero-order valence-electron chi connectivity index (χ0n) is 15.2. The van der Waals surface area contributed by atoms with Crippen LogP contribution in [0, 0.1) is 0 Å². The molecule has 4 rings (SSSR count). The normalized spacial score (nSPS) is 11.2. The fourth-order valence-corrected chi connectivity index (χ4v) is 3.53. The number of aromatic nitrogens is 6. The third-order valence-electron chi connectivity index (χ3n) is 3.98. The summed E-state index contributed by atoms with van der Waals surface area (Å²) in [5.74, 6) is 0. The maximum atomic E-state index is 11.9. The molecule has 3 aromatic heterocycles. The van der Waals surface area contributed by atoms with Gasteiger partial charge >= 0.3 is 34.1 Å². The number of aromatic amines is 4. The van der Waals surface area contributed by atoms with Crippen LogP contribution >= 0.6 is 11.3 Å². The molecule has 31 heavy (non-hydrogen) atoms. The average molecular weight is 441 g/mol. The molecule has 0 unspecified atom stereocenters. The van der Waals surface area contributed by atoms with Crippen molar-refractivity contribution >= 4 is 23.2 Å². The number of hydrogen-bond donors (Lipinski definition) is 4. The van der Waals surface area contributed by atoms with Crippen LogP contribution < -0.4 is 34.1 Å². The van der Waals surface area contributed by atoms with Crippen molar-refractivity contribution in [1.29, 1.82) is 0 Å². The van der Waals surface area contributed by atoms with Gasteiger partial charge in [0.2, 0.25) is 0 Å². The highest BCUT2D eigenvalue weighted by atomic mass is 32.1. The monoisotopic (exact) mass is 441 g/mol. The van der Waals surface area contributed by atoms with Gasteiger partial charge in [0, 0.05) is 11.1 Å². The molecule has 0 aliphatic rings. The number of thiophene rings is 1. The van der Waals surface area contributed by atoms with E-state index in [1.165, 1.54) is 24.4 Å². The van der Waals surface area contributed by atoms with E-state index in [4.69, 9.17) is 0 Å². The smallest absolute Gasteiger partial charge is 0.258 e. The topological polar surface area (TPSA) is 188 Å². The number of aliphatic imine (C=N–C) groups is 1. The van der Waals surface area contributed by atoms with Crippen LogP contribution in [0.1, 0.15) is 4.88 Å². The molecule has 0 radical (unpaired) electrons. The van der Waals surface area contributed by atoms with Crippen LogP contribution in [0.5, 0.6) is 0 Å². The van der Waals surface area contributed by atoms with Crippen molar-refractivity contribution in [1.82, 2.24) is 29.1 Å². The maximum absolute atomic E-state index is 11.9. The third kappa shape index (κ3) is 3.95. The third-order valence-corrected chi connectivity index (χ3v) is 4.98. The van der Waals surface area contributed by atoms with Crippen LogP contribution in [0.15, 0.2) is 70.2 Å². The number of rotatable bonds is 4. The second-order valence-corrected chi connectivity index (χ2v) is 7.09. The fraction of sp³-hybridized carbons (Fsp3) is 0. The van der Waals surface area contributed by atoms with Crippen LogP contribution in [0.3, 0.4) is 0 Å². The van der Waals surface area contributed by atoms with E-state index in [-0.39, 0.29) is 10.7 Å². The summed E-state index contributed by atoms with van der Waals surface area (Å²) in [6, 6.07) is 9.21. The van der Waals surface area contributed by atoms with Crippen LogP contribution in [-0.4, -0.2) is 35.3 Å². The second kappa shape index (κ2) is 7.68. The minimum atomic E-state index is -0.895. The fourth-order valence-electron chi connectivity index (χ4n) is 2.65. The Bertz CT molecular complexity index is 1590. The van der Waals surface area contributed by atoms with Gasteiger partial charge in [0.15, 0.2) is 0 Å². The van der Waals surface area contributed by atoms with E-state index in [9.17, 15) is 28.8 Å². The Morgan fingerprint density at radius 3 is 1.74 bits per heavy atom. The average Bonchev–Trinajstić information content (AvgIpc) is 3.14. The highest BCUT2D eigenvalue weighted by Gasteiger charge is 2.09. The van der Waals surface area contributed by atoms with E-state index in [2.05, 4.69) is 4.99 Å². The van der Waals surface area contributed by atoms with E-state index in [1.807, 2.05) is 19.9 Å². The molecule has 13 nitrogen and oxygen atoms in total. The highest BCUT2D eigenvalue weighted by molar-refractivity contribution is 7.16. The SMILES string of the molecule is O=c1[nH]c(=O)n(-c2ccc(/N=C/c3ccc(-n4c(=O)[nH]c(=O)[nH]c4=O)s3)cc2)c(=O)[nH]1. The lowest BCUT2D eigenvalue weighted by Gasteiger charge is -2.03. The zero-order valence-corrected chi connectivity index (χ0v) is 16.1. The number of nitrogens with zero attached hydrogens (tertiary/aromatic N) is 3. The molecule has 0 bridgehead atoms. The van der Waals surface area contributed by atoms with Crippen LogP contribution in [0.4, 0.5) is 5.69 Å². The van der Waals surface area contributed by atoms with Gasteiger partial charge in [0.25, 0.3) is 0 Å². The van der Waals surface area contributed by atoms with Crippen molar-refractivity contribution in [3.8, 4) is 10.7 Å². The standard InChI is InChI=1S/C17H11N7O6S/c25-12-19-14(27)23(15(28)20-12)9-3-1-8(2-4-9)18-7-10-5-6-11(31-10)24-16(29)21-13(26)22-17(24)30/h1-7H,(H2,19,20,25,27,28)(H2,21,22,26,29,30)/b18-7+. The summed E-state index contributed by atoms with van der Waals surface area (Å²) in [6.45, 7) is 0. The maximum Gasteiger partial charge on any atom is 0.338 e. The quantitative estimate of drug-likeness (QED) is 0.280. The molecule has 4 aromatic rings. The molecule has 0 atom stereocenters. The van der Waals surface area contributed by atoms with E-state index in [1.54, 1.807) is 18.2 Å². The summed E-state index contributed by atoms with van der Waals surface area (Å²) in [7, 11) is 0. The molecular formula is C17H11N7O6S. The van der Waals surface area contributed by atoms with Crippen LogP contribution in [0.25, 0.3) is 10.7 Å². The first-order valence-corrected chi connectivity index (χ1v) is 9.29. The van der Waals surface area contributed by atoms with Crippen molar-refractivity contribution in [2.75, 3.05) is 0 Å². The molecule has 1 aromatic carbocycles. The molecule has 14 heteroatoms. The van der Waals surface area contributed by atoms with Gasteiger partial charge in [-0.25, -0.2) is 37.9 Å². The van der Waals surface area contributed by atoms with Gasteiger partial charge in [0.05, 0.1) is 11.4 Å². The van der Waals surface area contributed by atoms with E-state index < -0.39 is 34.1 Å². The predicted molar refractivity (Wildman–Crippen MR) is 112 cm³/mol. The van der Waals surface area contributed by atoms with Gasteiger partial charge in [-0.05, 0) is 36.4 Å². The summed E-state index contributed by atoms with van der Waals surface area (Å²) in [5, 5.41) is 0.288. The van der Waals surface area contributed by atoms with Gasteiger partial charge in [-0.2, -0.15) is 0 Å². The molecule has 0 saturated carbocycles. The molecule has 0 aliphatic heterocycles. The van der Waals surface area contributed by atoms with E-state index >= 15 is 0 Å². The number of benzene rings is 1. The minimum absolute atomic E-state index is 0.233. The number of nitrogens with one attached hydrogen (secondary N) is 4. The largest absolute Gasteiger partial charge is 0.338 e. The van der Waals surface area contributed by atoms with Crippen molar-refractivity contribution in [3.63, 3.8) is 0 Å². The van der Waals surface area contributed by atoms with Gasteiger partial charge in [0.1, 0.15) is 5.00 Å². The Labute approximate surface area is 172 Å². The Kier molecular flexibility index (Phi) is 4.88. The second-order valence-electron chi connectivity index (χ2n) is 6.00. The Morgan fingerprint density at radius 1 is 0.677 bits per heavy atom. The lowest BCUT2D eigenvalue weighted by molar-refractivity contribution is 0.784. The number of hydrogen-bond acceptors (Lipinski definition) is 8. The van der Waals surface area contributed by atoms with Crippen LogP contribution in [-0.2, 0) is 0 Å². The molecule has 0 fully saturated rings. The summed E-state index contributed by atoms with van der Waals surface area (Å²) in [6.07, 6.45) is 1.49. The Hall–Kier alpha value is -4.59. The molecular weight excluding hydrogens is 430 g/mol. The van der Waals surface area contributed by atoms with Gasteiger partial charge in [-0.1, -0.05) is 0 Å². The zero-order chi connectivity index (χ0) is 22.1. The lowest BCUT2D eigenvalue weighted by atomic mass is 10.3. The lowest BCUT2D eigenvalue weighted by Crippen LogP contribution is -2.42. The van der Waals surface area contributed by atoms with Crippen LogP contribution in [0.2, 0.25) is 0 Å². The predicted octanol–water partition coefficient (Wildman–Crippen LogP) is -1.45.